The predicted octanol–water partition coefficient (Wildman–Crippen LogP) is 4.95. The van der Waals surface area contributed by atoms with Crippen molar-refractivity contribution in [1.82, 2.24) is 0 Å². The van der Waals surface area contributed by atoms with Gasteiger partial charge in [-0.25, -0.2) is 0 Å². The molecule has 1 fully saturated rings. The number of ether oxygens (including phenoxy) is 1. The van der Waals surface area contributed by atoms with E-state index in [1.54, 1.807) is 12.1 Å². The molecule has 4 rings (SSSR count). The summed E-state index contributed by atoms with van der Waals surface area (Å²) in [5.41, 5.74) is 1.87. The first-order valence-corrected chi connectivity index (χ1v) is 13.1. The van der Waals surface area contributed by atoms with Gasteiger partial charge in [-0.2, -0.15) is 0 Å². The molecule has 0 bridgehead atoms. The van der Waals surface area contributed by atoms with Gasteiger partial charge in [0.25, 0.3) is 0 Å². The number of hydrogen-bond acceptors (Lipinski definition) is 4. The highest BCUT2D eigenvalue weighted by molar-refractivity contribution is 6.74. The maximum atomic E-state index is 13.5. The Hall–Kier alpha value is -1.56. The largest absolute Gasteiger partial charge is 0.413 e. The number of epoxide rings is 1. The van der Waals surface area contributed by atoms with Crippen LogP contribution < -0.4 is 0 Å². The zero-order valence-electron chi connectivity index (χ0n) is 17.9. The van der Waals surface area contributed by atoms with E-state index in [0.29, 0.717) is 28.7 Å². The van der Waals surface area contributed by atoms with Gasteiger partial charge in [-0.15, -0.1) is 0 Å². The fourth-order valence-electron chi connectivity index (χ4n) is 4.65. The average Bonchev–Trinajstić information content (AvgIpc) is 3.27. The molecule has 0 N–H and O–H groups in total. The number of hydrogen-bond donors (Lipinski definition) is 0. The monoisotopic (exact) mass is 398 g/mol. The van der Waals surface area contributed by atoms with Gasteiger partial charge in [0.05, 0.1) is 12.2 Å². The van der Waals surface area contributed by atoms with Crippen molar-refractivity contribution in [2.75, 3.05) is 0 Å². The Labute approximate surface area is 168 Å². The van der Waals surface area contributed by atoms with Crippen LogP contribution in [0.15, 0.2) is 35.4 Å². The zero-order valence-corrected chi connectivity index (χ0v) is 18.9. The maximum Gasteiger partial charge on any atom is 0.192 e. The lowest BCUT2D eigenvalue weighted by molar-refractivity contribution is 0.0813. The molecule has 0 aromatic heterocycles. The van der Waals surface area contributed by atoms with Gasteiger partial charge in [0.2, 0.25) is 0 Å². The van der Waals surface area contributed by atoms with Gasteiger partial charge in [-0.1, -0.05) is 45.0 Å². The Morgan fingerprint density at radius 3 is 2.29 bits per heavy atom. The highest BCUT2D eigenvalue weighted by Gasteiger charge is 2.65. The fraction of sp³-hybridized carbons (Fsp3) is 0.565. The molecule has 0 spiro atoms. The minimum absolute atomic E-state index is 0.0104. The SMILES string of the molecule is C[C@H](O[Si](C)(C)C(C)(C)C)[C@H]1C2=C(C[C@@H]3O[C@@]31C)C(=O)c1ccccc1C2=O. The molecule has 28 heavy (non-hydrogen) atoms. The predicted molar refractivity (Wildman–Crippen MR) is 111 cm³/mol. The van der Waals surface area contributed by atoms with Crippen LogP contribution in [0, 0.1) is 5.92 Å². The number of carbonyl (C=O) groups is 2. The molecule has 4 nitrogen and oxygen atoms in total. The summed E-state index contributed by atoms with van der Waals surface area (Å²) in [6.45, 7) is 15.2. The first-order chi connectivity index (χ1) is 12.9. The Morgan fingerprint density at radius 1 is 1.14 bits per heavy atom. The molecular formula is C23H30O4Si. The van der Waals surface area contributed by atoms with Gasteiger partial charge in [0.15, 0.2) is 19.9 Å². The Bertz CT molecular complexity index is 907. The van der Waals surface area contributed by atoms with Gasteiger partial charge in [0.1, 0.15) is 5.60 Å². The van der Waals surface area contributed by atoms with Crippen LogP contribution in [0.3, 0.4) is 0 Å². The Morgan fingerprint density at radius 2 is 1.71 bits per heavy atom. The van der Waals surface area contributed by atoms with Crippen molar-refractivity contribution in [3.8, 4) is 0 Å². The van der Waals surface area contributed by atoms with Crippen molar-refractivity contribution in [3.05, 3.63) is 46.5 Å². The van der Waals surface area contributed by atoms with Crippen molar-refractivity contribution in [2.45, 2.75) is 77.0 Å². The van der Waals surface area contributed by atoms with Gasteiger partial charge >= 0.3 is 0 Å². The third kappa shape index (κ3) is 2.71. The third-order valence-electron chi connectivity index (χ3n) is 7.31. The minimum Gasteiger partial charge on any atom is -0.413 e. The molecule has 2 aliphatic carbocycles. The maximum absolute atomic E-state index is 13.5. The molecule has 150 valence electrons. The molecule has 0 amide bonds. The molecule has 0 radical (unpaired) electrons. The standard InChI is InChI=1S/C23H30O4Si/c1-13(27-28(6,7)22(2,3)4)19-18-16(12-17-23(19,5)26-17)20(24)14-10-8-9-11-15(14)21(18)25/h8-11,13,17,19H,12H2,1-7H3/t13-,17-,19-,23-/m0/s1. The van der Waals surface area contributed by atoms with E-state index in [-0.39, 0.29) is 34.7 Å². The molecular weight excluding hydrogens is 368 g/mol. The summed E-state index contributed by atoms with van der Waals surface area (Å²) >= 11 is 0. The summed E-state index contributed by atoms with van der Waals surface area (Å²) in [6.07, 6.45) is 0.320. The number of Topliss-reactive ketones (excluding diaryl/α,β-unsaturated/α-hetero) is 2. The van der Waals surface area contributed by atoms with Crippen LogP contribution in [0.2, 0.25) is 18.1 Å². The number of carbonyl (C=O) groups excluding carboxylic acids is 2. The second-order valence-corrected chi connectivity index (χ2v) is 14.9. The lowest BCUT2D eigenvalue weighted by Crippen LogP contribution is -2.50. The lowest BCUT2D eigenvalue weighted by Gasteiger charge is -2.43. The summed E-state index contributed by atoms with van der Waals surface area (Å²) in [6, 6.07) is 7.15. The summed E-state index contributed by atoms with van der Waals surface area (Å²) in [5.74, 6) is -0.275. The van der Waals surface area contributed by atoms with E-state index >= 15 is 0 Å². The average molecular weight is 399 g/mol. The van der Waals surface area contributed by atoms with Crippen LogP contribution in [-0.2, 0) is 9.16 Å². The van der Waals surface area contributed by atoms with Crippen LogP contribution >= 0.6 is 0 Å². The summed E-state index contributed by atoms with van der Waals surface area (Å²) < 4.78 is 12.8. The smallest absolute Gasteiger partial charge is 0.192 e. The summed E-state index contributed by atoms with van der Waals surface area (Å²) in [5, 5.41) is 0.0663. The molecule has 5 heteroatoms. The van der Waals surface area contributed by atoms with E-state index in [1.807, 2.05) is 19.1 Å². The highest BCUT2D eigenvalue weighted by Crippen LogP contribution is 2.57. The van der Waals surface area contributed by atoms with Crippen molar-refractivity contribution >= 4 is 19.9 Å². The molecule has 3 aliphatic rings. The fourth-order valence-corrected chi connectivity index (χ4v) is 6.07. The molecule has 1 aromatic carbocycles. The van der Waals surface area contributed by atoms with Crippen LogP contribution in [0.1, 0.15) is 61.8 Å². The zero-order chi connectivity index (χ0) is 20.6. The van der Waals surface area contributed by atoms with Crippen molar-refractivity contribution < 1.29 is 18.8 Å². The van der Waals surface area contributed by atoms with E-state index in [0.717, 1.165) is 0 Å². The minimum atomic E-state index is -2.04. The van der Waals surface area contributed by atoms with E-state index < -0.39 is 13.9 Å². The first kappa shape index (κ1) is 19.7. The normalized spacial score (nSPS) is 30.5. The third-order valence-corrected chi connectivity index (χ3v) is 11.9. The quantitative estimate of drug-likeness (QED) is 0.534. The molecule has 1 heterocycles. The van der Waals surface area contributed by atoms with Crippen molar-refractivity contribution in [2.24, 2.45) is 5.92 Å². The van der Waals surface area contributed by atoms with E-state index in [4.69, 9.17) is 9.16 Å². The lowest BCUT2D eigenvalue weighted by atomic mass is 9.67. The highest BCUT2D eigenvalue weighted by atomic mass is 28.4. The number of fused-ring (bicyclic) bond motifs is 2. The topological polar surface area (TPSA) is 55.9 Å². The van der Waals surface area contributed by atoms with Crippen molar-refractivity contribution in [3.63, 3.8) is 0 Å². The second kappa shape index (κ2) is 5.97. The van der Waals surface area contributed by atoms with Crippen LogP contribution in [0.25, 0.3) is 0 Å². The Balaban J connectivity index is 1.78. The molecule has 4 atom stereocenters. The van der Waals surface area contributed by atoms with Gasteiger partial charge in [-0.3, -0.25) is 9.59 Å². The van der Waals surface area contributed by atoms with Crippen molar-refractivity contribution in [1.29, 1.82) is 0 Å². The number of benzene rings is 1. The van der Waals surface area contributed by atoms with Crippen LogP contribution in [0.4, 0.5) is 0 Å². The second-order valence-electron chi connectivity index (χ2n) is 10.2. The molecule has 1 aliphatic heterocycles. The van der Waals surface area contributed by atoms with Gasteiger partial charge in [-0.05, 0) is 32.0 Å². The number of rotatable bonds is 3. The number of ketones is 2. The van der Waals surface area contributed by atoms with Gasteiger partial charge < -0.3 is 9.16 Å². The van der Waals surface area contributed by atoms with E-state index in [1.165, 1.54) is 0 Å². The molecule has 0 unspecified atom stereocenters. The van der Waals surface area contributed by atoms with E-state index in [9.17, 15) is 9.59 Å². The summed E-state index contributed by atoms with van der Waals surface area (Å²) in [7, 11) is -2.04. The Kier molecular flexibility index (Phi) is 4.21. The first-order valence-electron chi connectivity index (χ1n) is 10.2. The van der Waals surface area contributed by atoms with Gasteiger partial charge in [0, 0.05) is 34.6 Å². The summed E-state index contributed by atoms with van der Waals surface area (Å²) in [4.78, 5) is 26.7. The van der Waals surface area contributed by atoms with Crippen LogP contribution in [-0.4, -0.2) is 37.7 Å². The molecule has 1 saturated heterocycles. The molecule has 0 saturated carbocycles. The van der Waals surface area contributed by atoms with Crippen LogP contribution in [0.5, 0.6) is 0 Å². The van der Waals surface area contributed by atoms with E-state index in [2.05, 4.69) is 40.8 Å². The molecule has 1 aromatic rings.